The molecule has 1 N–H and O–H groups in total. The molecule has 1 rings (SSSR count). The number of nitriles is 1. The Morgan fingerprint density at radius 2 is 2.25 bits per heavy atom. The largest absolute Gasteiger partial charge is 0.375 e. The van der Waals surface area contributed by atoms with E-state index in [-0.39, 0.29) is 12.5 Å². The summed E-state index contributed by atoms with van der Waals surface area (Å²) in [5, 5.41) is 12.3. The van der Waals surface area contributed by atoms with Gasteiger partial charge in [-0.1, -0.05) is 11.6 Å². The first-order valence-corrected chi connectivity index (χ1v) is 5.06. The molecule has 0 bridgehead atoms. The second kappa shape index (κ2) is 5.38. The topological polar surface area (TPSA) is 56.1 Å². The number of likely N-dealkylation sites (N-methyl/N-ethyl adjacent to an activating group) is 1. The highest BCUT2D eigenvalue weighted by Gasteiger charge is 2.06. The summed E-state index contributed by atoms with van der Waals surface area (Å²) in [6.45, 7) is 0.156. The molecule has 16 heavy (non-hydrogen) atoms. The number of hydrogen-bond acceptors (Lipinski definition) is 3. The average Bonchev–Trinajstić information content (AvgIpc) is 2.26. The molecule has 1 amide bonds. The van der Waals surface area contributed by atoms with Crippen molar-refractivity contribution in [3.05, 3.63) is 28.8 Å². The van der Waals surface area contributed by atoms with Crippen LogP contribution in [0.15, 0.2) is 18.2 Å². The number of anilines is 1. The predicted octanol–water partition coefficient (Wildman–Crippen LogP) is 1.71. The molecule has 84 valence electrons. The molecule has 0 aliphatic rings. The molecule has 0 saturated carbocycles. The van der Waals surface area contributed by atoms with E-state index in [1.807, 2.05) is 6.07 Å². The van der Waals surface area contributed by atoms with Crippen LogP contribution < -0.4 is 5.32 Å². The maximum Gasteiger partial charge on any atom is 0.241 e. The minimum atomic E-state index is -0.0566. The van der Waals surface area contributed by atoms with Crippen LogP contribution in [-0.4, -0.2) is 31.4 Å². The average molecular weight is 238 g/mol. The fraction of sp³-hybridized carbons (Fsp3) is 0.273. The van der Waals surface area contributed by atoms with E-state index in [0.717, 1.165) is 0 Å². The van der Waals surface area contributed by atoms with Gasteiger partial charge in [-0.2, -0.15) is 5.26 Å². The van der Waals surface area contributed by atoms with E-state index < -0.39 is 0 Å². The quantitative estimate of drug-likeness (QED) is 0.871. The second-order valence-corrected chi connectivity index (χ2v) is 3.88. The molecule has 5 heteroatoms. The Bertz CT molecular complexity index is 437. The standard InChI is InChI=1S/C11H12ClN3O/c1-15(2)11(16)7-14-10-4-3-9(12)5-8(10)6-13/h3-5,14H,7H2,1-2H3. The van der Waals surface area contributed by atoms with Gasteiger partial charge in [-0.3, -0.25) is 4.79 Å². The number of carbonyl (C=O) groups is 1. The fourth-order valence-corrected chi connectivity index (χ4v) is 1.26. The van der Waals surface area contributed by atoms with Gasteiger partial charge in [0, 0.05) is 19.1 Å². The Labute approximate surface area is 99.4 Å². The molecule has 0 unspecified atom stereocenters. The lowest BCUT2D eigenvalue weighted by atomic mass is 10.2. The van der Waals surface area contributed by atoms with Gasteiger partial charge in [0.1, 0.15) is 6.07 Å². The van der Waals surface area contributed by atoms with E-state index in [2.05, 4.69) is 5.32 Å². The van der Waals surface area contributed by atoms with Crippen LogP contribution in [0.3, 0.4) is 0 Å². The van der Waals surface area contributed by atoms with E-state index in [4.69, 9.17) is 16.9 Å². The highest BCUT2D eigenvalue weighted by Crippen LogP contribution is 2.19. The van der Waals surface area contributed by atoms with Crippen molar-refractivity contribution in [2.24, 2.45) is 0 Å². The summed E-state index contributed by atoms with van der Waals surface area (Å²) < 4.78 is 0. The maximum absolute atomic E-state index is 11.3. The molecule has 0 saturated heterocycles. The SMILES string of the molecule is CN(C)C(=O)CNc1ccc(Cl)cc1C#N. The zero-order valence-electron chi connectivity index (χ0n) is 9.12. The number of nitrogens with one attached hydrogen (secondary N) is 1. The van der Waals surface area contributed by atoms with Crippen molar-refractivity contribution in [2.75, 3.05) is 26.0 Å². The molecule has 0 aromatic heterocycles. The molecule has 0 aliphatic heterocycles. The molecule has 4 nitrogen and oxygen atoms in total. The minimum absolute atomic E-state index is 0.0566. The van der Waals surface area contributed by atoms with Crippen LogP contribution in [0.5, 0.6) is 0 Å². The molecule has 0 fully saturated rings. The highest BCUT2D eigenvalue weighted by atomic mass is 35.5. The summed E-state index contributed by atoms with van der Waals surface area (Å²) in [7, 11) is 3.36. The summed E-state index contributed by atoms with van der Waals surface area (Å²) >= 11 is 5.75. The van der Waals surface area contributed by atoms with Gasteiger partial charge >= 0.3 is 0 Å². The lowest BCUT2D eigenvalue weighted by Crippen LogP contribution is -2.28. The second-order valence-electron chi connectivity index (χ2n) is 3.44. The molecule has 0 atom stereocenters. The van der Waals surface area contributed by atoms with Crippen molar-refractivity contribution in [2.45, 2.75) is 0 Å². The molecule has 1 aromatic carbocycles. The lowest BCUT2D eigenvalue weighted by Gasteiger charge is -2.12. The number of nitrogens with zero attached hydrogens (tertiary/aromatic N) is 2. The summed E-state index contributed by atoms with van der Waals surface area (Å²) in [6, 6.07) is 6.93. The van der Waals surface area contributed by atoms with Gasteiger partial charge in [0.2, 0.25) is 5.91 Å². The number of hydrogen-bond donors (Lipinski definition) is 1. The monoisotopic (exact) mass is 237 g/mol. The van der Waals surface area contributed by atoms with Gasteiger partial charge in [0.25, 0.3) is 0 Å². The lowest BCUT2D eigenvalue weighted by molar-refractivity contribution is -0.126. The van der Waals surface area contributed by atoms with Crippen molar-refractivity contribution in [3.63, 3.8) is 0 Å². The van der Waals surface area contributed by atoms with E-state index in [1.54, 1.807) is 32.3 Å². The van der Waals surface area contributed by atoms with E-state index in [0.29, 0.717) is 16.3 Å². The minimum Gasteiger partial charge on any atom is -0.375 e. The Morgan fingerprint density at radius 3 is 2.81 bits per heavy atom. The summed E-state index contributed by atoms with van der Waals surface area (Å²) in [6.07, 6.45) is 0. The van der Waals surface area contributed by atoms with Crippen LogP contribution in [0.1, 0.15) is 5.56 Å². The maximum atomic E-state index is 11.3. The van der Waals surface area contributed by atoms with Gasteiger partial charge in [0.15, 0.2) is 0 Å². The molecular weight excluding hydrogens is 226 g/mol. The predicted molar refractivity (Wildman–Crippen MR) is 63.4 cm³/mol. The number of halogens is 1. The third-order valence-electron chi connectivity index (χ3n) is 2.03. The number of rotatable bonds is 3. The number of amides is 1. The van der Waals surface area contributed by atoms with Crippen molar-refractivity contribution in [1.29, 1.82) is 5.26 Å². The fourth-order valence-electron chi connectivity index (χ4n) is 1.09. The Morgan fingerprint density at radius 1 is 1.56 bits per heavy atom. The molecule has 0 radical (unpaired) electrons. The van der Waals surface area contributed by atoms with E-state index in [9.17, 15) is 4.79 Å². The van der Waals surface area contributed by atoms with Crippen molar-refractivity contribution < 1.29 is 4.79 Å². The van der Waals surface area contributed by atoms with Gasteiger partial charge < -0.3 is 10.2 Å². The van der Waals surface area contributed by atoms with Crippen LogP contribution in [0.4, 0.5) is 5.69 Å². The molecule has 0 spiro atoms. The normalized spacial score (nSPS) is 9.38. The van der Waals surface area contributed by atoms with Crippen LogP contribution in [0.2, 0.25) is 5.02 Å². The van der Waals surface area contributed by atoms with Gasteiger partial charge in [0.05, 0.1) is 17.8 Å². The summed E-state index contributed by atoms with van der Waals surface area (Å²) in [5.74, 6) is -0.0566. The summed E-state index contributed by atoms with van der Waals surface area (Å²) in [5.41, 5.74) is 1.04. The van der Waals surface area contributed by atoms with Crippen molar-refractivity contribution >= 4 is 23.2 Å². The number of carbonyl (C=O) groups excluding carboxylic acids is 1. The van der Waals surface area contributed by atoms with Crippen molar-refractivity contribution in [1.82, 2.24) is 4.90 Å². The van der Waals surface area contributed by atoms with Crippen LogP contribution >= 0.6 is 11.6 Å². The molecule has 1 aromatic rings. The smallest absolute Gasteiger partial charge is 0.241 e. The van der Waals surface area contributed by atoms with E-state index >= 15 is 0 Å². The first kappa shape index (κ1) is 12.3. The van der Waals surface area contributed by atoms with Gasteiger partial charge in [-0.15, -0.1) is 0 Å². The zero-order chi connectivity index (χ0) is 12.1. The van der Waals surface area contributed by atoms with E-state index in [1.165, 1.54) is 4.90 Å². The zero-order valence-corrected chi connectivity index (χ0v) is 9.88. The van der Waals surface area contributed by atoms with Crippen LogP contribution in [-0.2, 0) is 4.79 Å². The summed E-state index contributed by atoms with van der Waals surface area (Å²) in [4.78, 5) is 12.8. The van der Waals surface area contributed by atoms with Crippen LogP contribution in [0, 0.1) is 11.3 Å². The first-order valence-electron chi connectivity index (χ1n) is 4.68. The number of benzene rings is 1. The Hall–Kier alpha value is -1.73. The molecule has 0 heterocycles. The van der Waals surface area contributed by atoms with Crippen LogP contribution in [0.25, 0.3) is 0 Å². The molecule has 0 aliphatic carbocycles. The molecular formula is C11H12ClN3O. The first-order chi connectivity index (χ1) is 7.54. The Balaban J connectivity index is 2.75. The Kier molecular flexibility index (Phi) is 4.15. The van der Waals surface area contributed by atoms with Gasteiger partial charge in [-0.05, 0) is 18.2 Å². The third-order valence-corrected chi connectivity index (χ3v) is 2.27. The highest BCUT2D eigenvalue weighted by molar-refractivity contribution is 6.30. The third kappa shape index (κ3) is 3.14. The van der Waals surface area contributed by atoms with Crippen molar-refractivity contribution in [3.8, 4) is 6.07 Å². The van der Waals surface area contributed by atoms with Gasteiger partial charge in [-0.25, -0.2) is 0 Å².